The first-order chi connectivity index (χ1) is 9.60. The van der Waals surface area contributed by atoms with Gasteiger partial charge in [-0.25, -0.2) is 4.98 Å². The molecule has 0 unspecified atom stereocenters. The van der Waals surface area contributed by atoms with Gasteiger partial charge in [0.15, 0.2) is 0 Å². The van der Waals surface area contributed by atoms with Gasteiger partial charge in [0.05, 0.1) is 11.9 Å². The fraction of sp³-hybridized carbons (Fsp3) is 0.600. The number of pyridine rings is 1. The molecule has 0 aliphatic carbocycles. The van der Waals surface area contributed by atoms with E-state index in [1.807, 2.05) is 19.9 Å². The Labute approximate surface area is 121 Å². The molecule has 5 heteroatoms. The van der Waals surface area contributed by atoms with Crippen LogP contribution in [0.3, 0.4) is 0 Å². The van der Waals surface area contributed by atoms with Crippen LogP contribution in [0.2, 0.25) is 0 Å². The highest BCUT2D eigenvalue weighted by Gasteiger charge is 2.16. The molecule has 5 nitrogen and oxygen atoms in total. The van der Waals surface area contributed by atoms with Crippen LogP contribution in [-0.4, -0.2) is 54.6 Å². The molecule has 2 rings (SSSR count). The van der Waals surface area contributed by atoms with Crippen molar-refractivity contribution in [2.75, 3.05) is 37.6 Å². The van der Waals surface area contributed by atoms with Crippen LogP contribution >= 0.6 is 0 Å². The average Bonchev–Trinajstić information content (AvgIpc) is 2.47. The van der Waals surface area contributed by atoms with Crippen molar-refractivity contribution in [3.8, 4) is 0 Å². The van der Waals surface area contributed by atoms with Gasteiger partial charge in [-0.2, -0.15) is 0 Å². The van der Waals surface area contributed by atoms with Gasteiger partial charge < -0.3 is 15.1 Å². The Morgan fingerprint density at radius 2 is 2.00 bits per heavy atom. The molecule has 0 aromatic carbocycles. The van der Waals surface area contributed by atoms with Gasteiger partial charge in [0.25, 0.3) is 5.91 Å². The summed E-state index contributed by atoms with van der Waals surface area (Å²) in [5, 5.41) is 2.85. The lowest BCUT2D eigenvalue weighted by atomic mass is 10.2. The summed E-state index contributed by atoms with van der Waals surface area (Å²) in [6.07, 6.45) is 1.80. The molecule has 0 atom stereocenters. The second-order valence-corrected chi connectivity index (χ2v) is 5.45. The molecule has 1 aromatic heterocycles. The number of aromatic nitrogens is 1. The fourth-order valence-corrected chi connectivity index (χ4v) is 2.37. The summed E-state index contributed by atoms with van der Waals surface area (Å²) in [6.45, 7) is 11.4. The van der Waals surface area contributed by atoms with Crippen LogP contribution in [-0.2, 0) is 0 Å². The van der Waals surface area contributed by atoms with Gasteiger partial charge in [-0.05, 0) is 32.5 Å². The molecule has 20 heavy (non-hydrogen) atoms. The van der Waals surface area contributed by atoms with Crippen LogP contribution in [0.15, 0.2) is 18.3 Å². The number of nitrogens with zero attached hydrogens (tertiary/aromatic N) is 3. The van der Waals surface area contributed by atoms with Gasteiger partial charge in [0.2, 0.25) is 0 Å². The number of hydrogen-bond donors (Lipinski definition) is 1. The zero-order chi connectivity index (χ0) is 14.5. The fourth-order valence-electron chi connectivity index (χ4n) is 2.37. The lowest BCUT2D eigenvalue weighted by Crippen LogP contribution is -2.46. The van der Waals surface area contributed by atoms with Crippen molar-refractivity contribution < 1.29 is 4.79 Å². The third-order valence-corrected chi connectivity index (χ3v) is 3.58. The van der Waals surface area contributed by atoms with Crippen LogP contribution in [0.5, 0.6) is 0 Å². The van der Waals surface area contributed by atoms with Gasteiger partial charge in [-0.1, -0.05) is 6.92 Å². The number of anilines is 1. The van der Waals surface area contributed by atoms with E-state index in [0.717, 1.165) is 38.4 Å². The Balaban J connectivity index is 1.96. The van der Waals surface area contributed by atoms with Gasteiger partial charge in [-0.15, -0.1) is 0 Å². The maximum Gasteiger partial charge on any atom is 0.270 e. The van der Waals surface area contributed by atoms with Gasteiger partial charge >= 0.3 is 0 Å². The second kappa shape index (κ2) is 6.70. The predicted octanol–water partition coefficient (Wildman–Crippen LogP) is 1.36. The van der Waals surface area contributed by atoms with E-state index in [4.69, 9.17) is 0 Å². The quantitative estimate of drug-likeness (QED) is 0.902. The molecule has 1 aromatic rings. The first-order valence-corrected chi connectivity index (χ1v) is 7.34. The monoisotopic (exact) mass is 276 g/mol. The van der Waals surface area contributed by atoms with Gasteiger partial charge in [0.1, 0.15) is 5.69 Å². The third-order valence-electron chi connectivity index (χ3n) is 3.58. The van der Waals surface area contributed by atoms with Crippen LogP contribution in [0.4, 0.5) is 5.69 Å². The van der Waals surface area contributed by atoms with E-state index < -0.39 is 0 Å². The molecule has 1 aliphatic rings. The van der Waals surface area contributed by atoms with E-state index in [9.17, 15) is 4.79 Å². The van der Waals surface area contributed by atoms with E-state index in [-0.39, 0.29) is 11.9 Å². The Hall–Kier alpha value is -1.62. The number of rotatable bonds is 4. The largest absolute Gasteiger partial charge is 0.368 e. The Kier molecular flexibility index (Phi) is 4.95. The van der Waals surface area contributed by atoms with Crippen molar-refractivity contribution in [3.63, 3.8) is 0 Å². The molecule has 2 heterocycles. The van der Waals surface area contributed by atoms with E-state index >= 15 is 0 Å². The highest BCUT2D eigenvalue weighted by Crippen LogP contribution is 2.15. The molecule has 110 valence electrons. The van der Waals surface area contributed by atoms with Crippen molar-refractivity contribution in [3.05, 3.63) is 24.0 Å². The number of nitrogens with one attached hydrogen (secondary N) is 1. The standard InChI is InChI=1S/C15H24N4O/c1-4-18-7-9-19(10-8-18)13-5-6-14(16-11-13)15(20)17-12(2)3/h5-6,11-12H,4,7-10H2,1-3H3,(H,17,20). The van der Waals surface area contributed by atoms with Crippen molar-refractivity contribution in [1.29, 1.82) is 0 Å². The van der Waals surface area contributed by atoms with Crippen LogP contribution in [0.1, 0.15) is 31.3 Å². The summed E-state index contributed by atoms with van der Waals surface area (Å²) in [5.41, 5.74) is 1.58. The lowest BCUT2D eigenvalue weighted by Gasteiger charge is -2.35. The van der Waals surface area contributed by atoms with Crippen molar-refractivity contribution in [1.82, 2.24) is 15.2 Å². The second-order valence-electron chi connectivity index (χ2n) is 5.45. The smallest absolute Gasteiger partial charge is 0.270 e. The van der Waals surface area contributed by atoms with E-state index in [0.29, 0.717) is 5.69 Å². The number of amides is 1. The molecule has 0 radical (unpaired) electrons. The molecule has 0 spiro atoms. The minimum absolute atomic E-state index is 0.109. The zero-order valence-electron chi connectivity index (χ0n) is 12.6. The van der Waals surface area contributed by atoms with Gasteiger partial charge in [-0.3, -0.25) is 4.79 Å². The van der Waals surface area contributed by atoms with Crippen molar-refractivity contribution >= 4 is 11.6 Å². The molecular weight excluding hydrogens is 252 g/mol. The van der Waals surface area contributed by atoms with E-state index in [1.165, 1.54) is 0 Å². The first kappa shape index (κ1) is 14.8. The summed E-state index contributed by atoms with van der Waals surface area (Å²) >= 11 is 0. The molecule has 1 amide bonds. The van der Waals surface area contributed by atoms with Gasteiger partial charge in [0, 0.05) is 32.2 Å². The number of piperazine rings is 1. The molecule has 0 bridgehead atoms. The average molecular weight is 276 g/mol. The van der Waals surface area contributed by atoms with Crippen LogP contribution < -0.4 is 10.2 Å². The molecule has 1 aliphatic heterocycles. The number of carbonyl (C=O) groups is 1. The topological polar surface area (TPSA) is 48.5 Å². The predicted molar refractivity (Wildman–Crippen MR) is 81.2 cm³/mol. The summed E-state index contributed by atoms with van der Waals surface area (Å²) in [6, 6.07) is 3.93. The Bertz CT molecular complexity index is 436. The molecular formula is C15H24N4O. The normalized spacial score (nSPS) is 16.5. The highest BCUT2D eigenvalue weighted by atomic mass is 16.1. The summed E-state index contributed by atoms with van der Waals surface area (Å²) in [5.74, 6) is -0.109. The zero-order valence-corrected chi connectivity index (χ0v) is 12.6. The molecule has 1 N–H and O–H groups in total. The summed E-state index contributed by atoms with van der Waals surface area (Å²) < 4.78 is 0. The number of carbonyl (C=O) groups excluding carboxylic acids is 1. The minimum Gasteiger partial charge on any atom is -0.368 e. The minimum atomic E-state index is -0.109. The summed E-state index contributed by atoms with van der Waals surface area (Å²) in [7, 11) is 0. The molecule has 1 saturated heterocycles. The number of hydrogen-bond acceptors (Lipinski definition) is 4. The van der Waals surface area contributed by atoms with Crippen LogP contribution in [0, 0.1) is 0 Å². The lowest BCUT2D eigenvalue weighted by molar-refractivity contribution is 0.0938. The van der Waals surface area contributed by atoms with E-state index in [1.54, 1.807) is 12.3 Å². The Morgan fingerprint density at radius 1 is 1.30 bits per heavy atom. The van der Waals surface area contributed by atoms with Crippen molar-refractivity contribution in [2.24, 2.45) is 0 Å². The molecule has 0 saturated carbocycles. The SMILES string of the molecule is CCN1CCN(c2ccc(C(=O)NC(C)C)nc2)CC1. The van der Waals surface area contributed by atoms with Crippen LogP contribution in [0.25, 0.3) is 0 Å². The maximum atomic E-state index is 11.8. The van der Waals surface area contributed by atoms with E-state index in [2.05, 4.69) is 27.0 Å². The molecule has 1 fully saturated rings. The number of likely N-dealkylation sites (N-methyl/N-ethyl adjacent to an activating group) is 1. The Morgan fingerprint density at radius 3 is 2.50 bits per heavy atom. The third kappa shape index (κ3) is 3.70. The maximum absolute atomic E-state index is 11.8. The first-order valence-electron chi connectivity index (χ1n) is 7.34. The highest BCUT2D eigenvalue weighted by molar-refractivity contribution is 5.92. The summed E-state index contributed by atoms with van der Waals surface area (Å²) in [4.78, 5) is 20.9. The van der Waals surface area contributed by atoms with Crippen molar-refractivity contribution in [2.45, 2.75) is 26.8 Å².